The van der Waals surface area contributed by atoms with Crippen LogP contribution in [0.25, 0.3) is 0 Å². The van der Waals surface area contributed by atoms with Crippen LogP contribution in [-0.4, -0.2) is 32.6 Å². The quantitative estimate of drug-likeness (QED) is 0.832. The summed E-state index contributed by atoms with van der Waals surface area (Å²) in [5.41, 5.74) is 3.22. The van der Waals surface area contributed by atoms with Gasteiger partial charge in [-0.3, -0.25) is 4.79 Å². The molecule has 0 bridgehead atoms. The van der Waals surface area contributed by atoms with E-state index in [2.05, 4.69) is 22.3 Å². The fourth-order valence-corrected chi connectivity index (χ4v) is 3.48. The minimum atomic E-state index is 0.0217. The summed E-state index contributed by atoms with van der Waals surface area (Å²) in [6.07, 6.45) is 2.53. The second-order valence-electron chi connectivity index (χ2n) is 6.73. The lowest BCUT2D eigenvalue weighted by Gasteiger charge is -2.18. The van der Waals surface area contributed by atoms with Crippen molar-refractivity contribution in [3.63, 3.8) is 0 Å². The predicted molar refractivity (Wildman–Crippen MR) is 103 cm³/mol. The standard InChI is InChI=1S/C20H24ClN3O/c1-23(14-16-5-4-6-17(21)13-16)15-20(25)22-18-7-9-19(10-8-18)24-11-2-3-12-24/h4-10,13H,2-3,11-12,14-15H2,1H3,(H,22,25)/p+1. The predicted octanol–water partition coefficient (Wildman–Crippen LogP) is 2.59. The van der Waals surface area contributed by atoms with Crippen LogP contribution in [0.15, 0.2) is 48.5 Å². The molecule has 1 unspecified atom stereocenters. The Morgan fingerprint density at radius 2 is 1.88 bits per heavy atom. The number of benzene rings is 2. The van der Waals surface area contributed by atoms with Crippen LogP contribution < -0.4 is 15.1 Å². The Morgan fingerprint density at radius 1 is 1.16 bits per heavy atom. The smallest absolute Gasteiger partial charge is 0.279 e. The van der Waals surface area contributed by atoms with E-state index >= 15 is 0 Å². The minimum absolute atomic E-state index is 0.0217. The van der Waals surface area contributed by atoms with E-state index in [-0.39, 0.29) is 5.91 Å². The molecule has 1 saturated heterocycles. The lowest BCUT2D eigenvalue weighted by Crippen LogP contribution is -3.08. The lowest BCUT2D eigenvalue weighted by atomic mass is 10.2. The molecule has 2 aromatic carbocycles. The number of anilines is 2. The van der Waals surface area contributed by atoms with Gasteiger partial charge in [0, 0.05) is 35.1 Å². The minimum Gasteiger partial charge on any atom is -0.372 e. The van der Waals surface area contributed by atoms with Gasteiger partial charge >= 0.3 is 0 Å². The number of hydrogen-bond donors (Lipinski definition) is 2. The van der Waals surface area contributed by atoms with Gasteiger partial charge in [0.2, 0.25) is 0 Å². The van der Waals surface area contributed by atoms with E-state index in [1.807, 2.05) is 43.4 Å². The molecule has 5 heteroatoms. The molecular weight excluding hydrogens is 334 g/mol. The highest BCUT2D eigenvalue weighted by Crippen LogP contribution is 2.21. The molecule has 0 aliphatic carbocycles. The average molecular weight is 359 g/mol. The second kappa shape index (κ2) is 8.37. The molecule has 3 rings (SSSR count). The average Bonchev–Trinajstić information content (AvgIpc) is 3.09. The van der Waals surface area contributed by atoms with E-state index in [4.69, 9.17) is 11.6 Å². The molecule has 1 heterocycles. The summed E-state index contributed by atoms with van der Waals surface area (Å²) in [7, 11) is 2.01. The largest absolute Gasteiger partial charge is 0.372 e. The Balaban J connectivity index is 1.49. The Hall–Kier alpha value is -2.04. The molecule has 2 N–H and O–H groups in total. The number of nitrogens with one attached hydrogen (secondary N) is 2. The van der Waals surface area contributed by atoms with Crippen molar-refractivity contribution in [2.75, 3.05) is 36.9 Å². The van der Waals surface area contributed by atoms with Crippen LogP contribution in [-0.2, 0) is 11.3 Å². The van der Waals surface area contributed by atoms with Gasteiger partial charge in [-0.1, -0.05) is 23.7 Å². The first-order valence-electron chi connectivity index (χ1n) is 8.81. The molecule has 25 heavy (non-hydrogen) atoms. The second-order valence-corrected chi connectivity index (χ2v) is 7.17. The maximum absolute atomic E-state index is 12.3. The molecule has 1 aliphatic rings. The number of carbonyl (C=O) groups is 1. The Morgan fingerprint density at radius 3 is 2.56 bits per heavy atom. The van der Waals surface area contributed by atoms with Crippen molar-refractivity contribution in [3.8, 4) is 0 Å². The van der Waals surface area contributed by atoms with Gasteiger partial charge in [0.25, 0.3) is 5.91 Å². The SMILES string of the molecule is C[NH+](CC(=O)Nc1ccc(N2CCCC2)cc1)Cc1cccc(Cl)c1. The van der Waals surface area contributed by atoms with E-state index < -0.39 is 0 Å². The number of carbonyl (C=O) groups excluding carboxylic acids is 1. The van der Waals surface area contributed by atoms with Gasteiger partial charge in [-0.25, -0.2) is 0 Å². The molecule has 2 aromatic rings. The van der Waals surface area contributed by atoms with Crippen LogP contribution in [0, 0.1) is 0 Å². The van der Waals surface area contributed by atoms with Crippen molar-refractivity contribution in [1.82, 2.24) is 0 Å². The third-order valence-electron chi connectivity index (χ3n) is 4.48. The highest BCUT2D eigenvalue weighted by molar-refractivity contribution is 6.30. The first kappa shape index (κ1) is 17.8. The van der Waals surface area contributed by atoms with Crippen LogP contribution in [0.4, 0.5) is 11.4 Å². The molecule has 1 amide bonds. The van der Waals surface area contributed by atoms with Crippen LogP contribution >= 0.6 is 11.6 Å². The van der Waals surface area contributed by atoms with Crippen LogP contribution in [0.1, 0.15) is 18.4 Å². The lowest BCUT2D eigenvalue weighted by molar-refractivity contribution is -0.885. The van der Waals surface area contributed by atoms with Gasteiger partial charge in [0.1, 0.15) is 6.54 Å². The molecule has 0 radical (unpaired) electrons. The number of nitrogens with zero attached hydrogens (tertiary/aromatic N) is 1. The van der Waals surface area contributed by atoms with E-state index in [1.165, 1.54) is 18.5 Å². The summed E-state index contributed by atoms with van der Waals surface area (Å²) < 4.78 is 0. The zero-order valence-corrected chi connectivity index (χ0v) is 15.4. The number of likely N-dealkylation sites (N-methyl/N-ethyl adjacent to an activating group) is 1. The normalized spacial score (nSPS) is 15.2. The molecule has 4 nitrogen and oxygen atoms in total. The maximum Gasteiger partial charge on any atom is 0.279 e. The number of halogens is 1. The monoisotopic (exact) mass is 358 g/mol. The molecule has 0 spiro atoms. The Kier molecular flexibility index (Phi) is 5.95. The van der Waals surface area contributed by atoms with Crippen molar-refractivity contribution < 1.29 is 9.69 Å². The molecule has 0 saturated carbocycles. The number of amides is 1. The van der Waals surface area contributed by atoms with E-state index in [9.17, 15) is 4.79 Å². The first-order chi connectivity index (χ1) is 12.1. The summed E-state index contributed by atoms with van der Waals surface area (Å²) in [5.74, 6) is 0.0217. The van der Waals surface area contributed by atoms with Crippen LogP contribution in [0.3, 0.4) is 0 Å². The van der Waals surface area contributed by atoms with E-state index in [1.54, 1.807) is 0 Å². The number of hydrogen-bond acceptors (Lipinski definition) is 2. The zero-order chi connectivity index (χ0) is 17.6. The number of quaternary nitrogens is 1. The van der Waals surface area contributed by atoms with Gasteiger partial charge in [-0.2, -0.15) is 0 Å². The molecular formula is C20H25ClN3O+. The molecule has 1 aliphatic heterocycles. The maximum atomic E-state index is 12.3. The summed E-state index contributed by atoms with van der Waals surface area (Å²) in [6, 6.07) is 15.9. The summed E-state index contributed by atoms with van der Waals surface area (Å²) in [4.78, 5) is 15.8. The number of rotatable bonds is 6. The highest BCUT2D eigenvalue weighted by Gasteiger charge is 2.13. The van der Waals surface area contributed by atoms with Crippen molar-refractivity contribution >= 4 is 28.9 Å². The third kappa shape index (κ3) is 5.21. The molecule has 1 atom stereocenters. The highest BCUT2D eigenvalue weighted by atomic mass is 35.5. The third-order valence-corrected chi connectivity index (χ3v) is 4.71. The van der Waals surface area contributed by atoms with Gasteiger partial charge < -0.3 is 15.1 Å². The summed E-state index contributed by atoms with van der Waals surface area (Å²) >= 11 is 6.01. The summed E-state index contributed by atoms with van der Waals surface area (Å²) in [6.45, 7) is 3.44. The van der Waals surface area contributed by atoms with Crippen molar-refractivity contribution in [1.29, 1.82) is 0 Å². The zero-order valence-electron chi connectivity index (χ0n) is 14.6. The van der Waals surface area contributed by atoms with Crippen LogP contribution in [0.5, 0.6) is 0 Å². The van der Waals surface area contributed by atoms with E-state index in [0.717, 1.165) is 40.8 Å². The molecule has 1 fully saturated rings. The molecule has 0 aromatic heterocycles. The van der Waals surface area contributed by atoms with Crippen LogP contribution in [0.2, 0.25) is 5.02 Å². The van der Waals surface area contributed by atoms with Gasteiger partial charge in [-0.05, 0) is 49.2 Å². The van der Waals surface area contributed by atoms with Gasteiger partial charge in [-0.15, -0.1) is 0 Å². The first-order valence-corrected chi connectivity index (χ1v) is 9.18. The van der Waals surface area contributed by atoms with Gasteiger partial charge in [0.15, 0.2) is 6.54 Å². The summed E-state index contributed by atoms with van der Waals surface area (Å²) in [5, 5.41) is 3.71. The fraction of sp³-hybridized carbons (Fsp3) is 0.350. The van der Waals surface area contributed by atoms with Crippen molar-refractivity contribution in [2.24, 2.45) is 0 Å². The van der Waals surface area contributed by atoms with E-state index in [0.29, 0.717) is 6.54 Å². The van der Waals surface area contributed by atoms with Crippen molar-refractivity contribution in [2.45, 2.75) is 19.4 Å². The van der Waals surface area contributed by atoms with Crippen molar-refractivity contribution in [3.05, 3.63) is 59.1 Å². The topological polar surface area (TPSA) is 36.8 Å². The Labute approximate surface area is 154 Å². The molecule has 132 valence electrons. The fourth-order valence-electron chi connectivity index (χ4n) is 3.27. The van der Waals surface area contributed by atoms with Gasteiger partial charge in [0.05, 0.1) is 7.05 Å². The Bertz CT molecular complexity index is 711.